The summed E-state index contributed by atoms with van der Waals surface area (Å²) in [5, 5.41) is 3.13. The highest BCUT2D eigenvalue weighted by Gasteiger charge is 2.27. The number of nitrogens with one attached hydrogen (secondary N) is 1. The van der Waals surface area contributed by atoms with Crippen molar-refractivity contribution in [1.82, 2.24) is 10.3 Å². The number of hydrogen-bond donors (Lipinski definition) is 1. The molecule has 1 amide bonds. The Bertz CT molecular complexity index is 626. The van der Waals surface area contributed by atoms with Gasteiger partial charge < -0.3 is 14.6 Å². The molecule has 2 heterocycles. The van der Waals surface area contributed by atoms with Gasteiger partial charge in [-0.1, -0.05) is 25.5 Å². The third kappa shape index (κ3) is 3.66. The van der Waals surface area contributed by atoms with Gasteiger partial charge in [0.2, 0.25) is 5.91 Å². The van der Waals surface area contributed by atoms with Gasteiger partial charge >= 0.3 is 0 Å². The second-order valence-electron chi connectivity index (χ2n) is 6.42. The fourth-order valence-corrected chi connectivity index (χ4v) is 3.19. The van der Waals surface area contributed by atoms with Crippen molar-refractivity contribution in [3.8, 4) is 0 Å². The van der Waals surface area contributed by atoms with E-state index in [1.54, 1.807) is 0 Å². The van der Waals surface area contributed by atoms with Gasteiger partial charge in [-0.05, 0) is 38.3 Å². The molecule has 1 fully saturated rings. The molecule has 1 aliphatic rings. The maximum atomic E-state index is 12.3. The number of nitrogens with zero attached hydrogens (tertiary/aromatic N) is 2. The van der Waals surface area contributed by atoms with E-state index in [4.69, 9.17) is 4.42 Å². The molecule has 1 aromatic carbocycles. The van der Waals surface area contributed by atoms with Crippen molar-refractivity contribution in [2.45, 2.75) is 45.6 Å². The summed E-state index contributed by atoms with van der Waals surface area (Å²) in [5.74, 6) is 0.304. The zero-order valence-corrected chi connectivity index (χ0v) is 13.9. The fraction of sp³-hybridized carbons (Fsp3) is 0.556. The van der Waals surface area contributed by atoms with Crippen LogP contribution in [0.2, 0.25) is 0 Å². The van der Waals surface area contributed by atoms with E-state index in [9.17, 15) is 4.79 Å². The van der Waals surface area contributed by atoms with Gasteiger partial charge in [-0.25, -0.2) is 0 Å². The van der Waals surface area contributed by atoms with E-state index in [1.165, 1.54) is 0 Å². The van der Waals surface area contributed by atoms with E-state index in [0.717, 1.165) is 49.9 Å². The van der Waals surface area contributed by atoms with Gasteiger partial charge in [0.1, 0.15) is 5.52 Å². The Kier molecular flexibility index (Phi) is 4.84. The van der Waals surface area contributed by atoms with Crippen molar-refractivity contribution >= 4 is 23.0 Å². The van der Waals surface area contributed by atoms with Crippen LogP contribution in [0.5, 0.6) is 0 Å². The number of aromatic nitrogens is 1. The quantitative estimate of drug-likeness (QED) is 0.919. The van der Waals surface area contributed by atoms with Crippen LogP contribution in [-0.2, 0) is 4.79 Å². The Balaban J connectivity index is 1.56. The SMILES string of the molecule is CCCC(C)NC(=O)C1CCN(c2nc3ccccc3o2)CC1. The van der Waals surface area contributed by atoms with Crippen LogP contribution >= 0.6 is 0 Å². The first-order valence-corrected chi connectivity index (χ1v) is 8.58. The lowest BCUT2D eigenvalue weighted by Crippen LogP contribution is -2.43. The fourth-order valence-electron chi connectivity index (χ4n) is 3.19. The number of anilines is 1. The number of fused-ring (bicyclic) bond motifs is 1. The van der Waals surface area contributed by atoms with Crippen molar-refractivity contribution < 1.29 is 9.21 Å². The highest BCUT2D eigenvalue weighted by atomic mass is 16.4. The third-order valence-corrected chi connectivity index (χ3v) is 4.53. The van der Waals surface area contributed by atoms with Crippen LogP contribution in [0.4, 0.5) is 6.01 Å². The zero-order chi connectivity index (χ0) is 16.2. The van der Waals surface area contributed by atoms with E-state index in [2.05, 4.69) is 29.0 Å². The molecule has 1 aliphatic heterocycles. The second-order valence-corrected chi connectivity index (χ2v) is 6.42. The first kappa shape index (κ1) is 15.8. The average molecular weight is 315 g/mol. The molecule has 0 saturated carbocycles. The highest BCUT2D eigenvalue weighted by molar-refractivity contribution is 5.79. The first-order valence-electron chi connectivity index (χ1n) is 8.58. The van der Waals surface area contributed by atoms with Gasteiger partial charge in [-0.2, -0.15) is 4.98 Å². The molecule has 124 valence electrons. The Morgan fingerprint density at radius 2 is 2.13 bits per heavy atom. The molecule has 5 nitrogen and oxygen atoms in total. The van der Waals surface area contributed by atoms with E-state index in [0.29, 0.717) is 6.01 Å². The van der Waals surface area contributed by atoms with Crippen LogP contribution in [0.15, 0.2) is 28.7 Å². The van der Waals surface area contributed by atoms with Crippen LogP contribution < -0.4 is 10.2 Å². The largest absolute Gasteiger partial charge is 0.423 e. The standard InChI is InChI=1S/C18H25N3O2/c1-3-6-13(2)19-17(22)14-9-11-21(12-10-14)18-20-15-7-4-5-8-16(15)23-18/h4-5,7-8,13-14H,3,6,9-12H2,1-2H3,(H,19,22). The summed E-state index contributed by atoms with van der Waals surface area (Å²) < 4.78 is 5.81. The summed E-state index contributed by atoms with van der Waals surface area (Å²) in [4.78, 5) is 19.0. The normalized spacial score (nSPS) is 17.4. The lowest BCUT2D eigenvalue weighted by molar-refractivity contribution is -0.126. The molecule has 23 heavy (non-hydrogen) atoms. The zero-order valence-electron chi connectivity index (χ0n) is 13.9. The van der Waals surface area contributed by atoms with Crippen molar-refractivity contribution in [2.75, 3.05) is 18.0 Å². The van der Waals surface area contributed by atoms with Gasteiger partial charge in [-0.15, -0.1) is 0 Å². The number of amides is 1. The Hall–Kier alpha value is -2.04. The van der Waals surface area contributed by atoms with E-state index in [1.807, 2.05) is 24.3 Å². The molecule has 1 N–H and O–H groups in total. The van der Waals surface area contributed by atoms with Gasteiger partial charge in [0, 0.05) is 25.0 Å². The van der Waals surface area contributed by atoms with Crippen LogP contribution in [0, 0.1) is 5.92 Å². The maximum absolute atomic E-state index is 12.3. The first-order chi connectivity index (χ1) is 11.2. The van der Waals surface area contributed by atoms with Crippen molar-refractivity contribution in [3.63, 3.8) is 0 Å². The summed E-state index contributed by atoms with van der Waals surface area (Å²) in [5.41, 5.74) is 1.70. The summed E-state index contributed by atoms with van der Waals surface area (Å²) >= 11 is 0. The van der Waals surface area contributed by atoms with Crippen LogP contribution in [0.25, 0.3) is 11.1 Å². The van der Waals surface area contributed by atoms with Crippen LogP contribution in [0.3, 0.4) is 0 Å². The Morgan fingerprint density at radius 3 is 2.83 bits per heavy atom. The lowest BCUT2D eigenvalue weighted by atomic mass is 9.95. The third-order valence-electron chi connectivity index (χ3n) is 4.53. The van der Waals surface area contributed by atoms with Crippen LogP contribution in [0.1, 0.15) is 39.5 Å². The molecule has 1 aromatic heterocycles. The van der Waals surface area contributed by atoms with Gasteiger partial charge in [0.15, 0.2) is 5.58 Å². The maximum Gasteiger partial charge on any atom is 0.298 e. The van der Waals surface area contributed by atoms with Gasteiger partial charge in [0.25, 0.3) is 6.01 Å². The predicted octanol–water partition coefficient (Wildman–Crippen LogP) is 3.35. The number of oxazole rings is 1. The summed E-state index contributed by atoms with van der Waals surface area (Å²) in [7, 11) is 0. The molecular weight excluding hydrogens is 290 g/mol. The Labute approximate surface area is 137 Å². The Morgan fingerprint density at radius 1 is 1.39 bits per heavy atom. The highest BCUT2D eigenvalue weighted by Crippen LogP contribution is 2.26. The number of carbonyl (C=O) groups is 1. The van der Waals surface area contributed by atoms with E-state index >= 15 is 0 Å². The van der Waals surface area contributed by atoms with E-state index < -0.39 is 0 Å². The van der Waals surface area contributed by atoms with E-state index in [-0.39, 0.29) is 17.9 Å². The molecule has 2 aromatic rings. The van der Waals surface area contributed by atoms with Crippen molar-refractivity contribution in [3.05, 3.63) is 24.3 Å². The number of carbonyl (C=O) groups excluding carboxylic acids is 1. The number of rotatable bonds is 5. The van der Waals surface area contributed by atoms with Gasteiger partial charge in [0.05, 0.1) is 0 Å². The summed E-state index contributed by atoms with van der Waals surface area (Å²) in [6.45, 7) is 5.84. The summed E-state index contributed by atoms with van der Waals surface area (Å²) in [6.07, 6.45) is 3.83. The molecule has 0 aliphatic carbocycles. The second kappa shape index (κ2) is 7.02. The smallest absolute Gasteiger partial charge is 0.298 e. The molecule has 0 bridgehead atoms. The van der Waals surface area contributed by atoms with Gasteiger partial charge in [-0.3, -0.25) is 4.79 Å². The molecule has 1 atom stereocenters. The molecule has 1 unspecified atom stereocenters. The molecule has 0 spiro atoms. The number of para-hydroxylation sites is 2. The molecular formula is C18H25N3O2. The average Bonchev–Trinajstić information content (AvgIpc) is 2.99. The minimum Gasteiger partial charge on any atom is -0.423 e. The predicted molar refractivity (Wildman–Crippen MR) is 91.5 cm³/mol. The monoisotopic (exact) mass is 315 g/mol. The summed E-state index contributed by atoms with van der Waals surface area (Å²) in [6, 6.07) is 8.74. The number of piperidine rings is 1. The molecule has 1 saturated heterocycles. The topological polar surface area (TPSA) is 58.4 Å². The van der Waals surface area contributed by atoms with Crippen molar-refractivity contribution in [2.24, 2.45) is 5.92 Å². The number of benzene rings is 1. The lowest BCUT2D eigenvalue weighted by Gasteiger charge is -2.30. The minimum atomic E-state index is 0.106. The number of hydrogen-bond acceptors (Lipinski definition) is 4. The molecule has 3 rings (SSSR count). The minimum absolute atomic E-state index is 0.106. The van der Waals surface area contributed by atoms with Crippen molar-refractivity contribution in [1.29, 1.82) is 0 Å². The molecule has 5 heteroatoms. The molecule has 0 radical (unpaired) electrons. The van der Waals surface area contributed by atoms with Crippen LogP contribution in [-0.4, -0.2) is 30.0 Å².